The van der Waals surface area contributed by atoms with Gasteiger partial charge in [0.2, 0.25) is 53.2 Å². The molecule has 2 saturated heterocycles. The second-order valence-electron chi connectivity index (χ2n) is 23.5. The monoisotopic (exact) mass is 1150 g/mol. The third-order valence-electron chi connectivity index (χ3n) is 16.3. The molecule has 23 nitrogen and oxygen atoms in total. The van der Waals surface area contributed by atoms with E-state index in [1.54, 1.807) is 79.7 Å². The summed E-state index contributed by atoms with van der Waals surface area (Å²) in [5.41, 5.74) is 0.589. The zero-order valence-corrected chi connectivity index (χ0v) is 52.2. The Hall–Kier alpha value is -6.81. The van der Waals surface area contributed by atoms with E-state index in [1.807, 2.05) is 13.8 Å². The summed E-state index contributed by atoms with van der Waals surface area (Å²) in [5, 5.41) is 8.30. The summed E-state index contributed by atoms with van der Waals surface area (Å²) < 4.78 is 11.2. The highest BCUT2D eigenvalue weighted by Gasteiger charge is 2.46. The third-order valence-corrected chi connectivity index (χ3v) is 16.3. The van der Waals surface area contributed by atoms with Gasteiger partial charge < -0.3 is 59.7 Å². The maximum Gasteiger partial charge on any atom is 0.329 e. The number of carbonyl (C=O) groups is 11. The summed E-state index contributed by atoms with van der Waals surface area (Å²) >= 11 is 0. The molecule has 0 unspecified atom stereocenters. The van der Waals surface area contributed by atoms with Crippen LogP contribution in [0.25, 0.3) is 0 Å². The van der Waals surface area contributed by atoms with Gasteiger partial charge in [-0.25, -0.2) is 4.79 Å². The van der Waals surface area contributed by atoms with Gasteiger partial charge in [-0.15, -0.1) is 0 Å². The van der Waals surface area contributed by atoms with Crippen LogP contribution in [0.3, 0.4) is 0 Å². The van der Waals surface area contributed by atoms with Crippen LogP contribution >= 0.6 is 0 Å². The second-order valence-corrected chi connectivity index (χ2v) is 23.5. The van der Waals surface area contributed by atoms with Crippen molar-refractivity contribution in [2.75, 3.05) is 69.5 Å². The lowest BCUT2D eigenvalue weighted by Gasteiger charge is -2.41. The molecular weight excluding hydrogens is 1060 g/mol. The highest BCUT2D eigenvalue weighted by atomic mass is 16.5. The molecule has 82 heavy (non-hydrogen) atoms. The van der Waals surface area contributed by atoms with Gasteiger partial charge in [0, 0.05) is 62.3 Å². The van der Waals surface area contributed by atoms with Crippen molar-refractivity contribution >= 4 is 65.0 Å². The maximum absolute atomic E-state index is 15.1. The van der Waals surface area contributed by atoms with E-state index in [1.165, 1.54) is 87.9 Å². The molecule has 2 aliphatic heterocycles. The van der Waals surface area contributed by atoms with Crippen LogP contribution in [-0.2, 0) is 63.9 Å². The van der Waals surface area contributed by atoms with Crippen molar-refractivity contribution in [3.05, 3.63) is 29.8 Å². The first-order chi connectivity index (χ1) is 38.3. The Kier molecular flexibility index (Phi) is 26.3. The lowest BCUT2D eigenvalue weighted by atomic mass is 9.92. The molecular formula is C59H96N10O13. The van der Waals surface area contributed by atoms with Gasteiger partial charge in [-0.1, -0.05) is 94.2 Å². The molecule has 0 radical (unpaired) electrons. The first kappa shape index (κ1) is 69.5. The summed E-state index contributed by atoms with van der Waals surface area (Å²) in [5.74, 6) is -9.84. The number of fused-ring (bicyclic) bond motifs is 1. The highest BCUT2D eigenvalue weighted by Crippen LogP contribution is 2.27. The number of methoxy groups -OCH3 is 1. The van der Waals surface area contributed by atoms with Crippen LogP contribution in [0.5, 0.6) is 5.75 Å². The number of carbonyl (C=O) groups excluding carboxylic acids is 11. The van der Waals surface area contributed by atoms with Crippen molar-refractivity contribution in [1.29, 1.82) is 0 Å². The minimum Gasteiger partial charge on any atom is -0.497 e. The molecule has 2 heterocycles. The molecule has 2 aliphatic rings. The standard InChI is InChI=1S/C59H96N10O13/c1-20-36(9)49-51(72)60-32-45(71)65(15)47(34(5)6)52(73)61-41(30-39-25-27-40(81-19)28-26-39)59(80)82-38(11)54(75)69-29-23-22-24-42(69)55(76)66(16)48(35(7)8)53(74)62-46(33(3)4)57(78)64(14)43(31-44(70)63(12)13)56(77)68(18)50(37(10)21-2)58(79)67(49)17/h25-28,33-38,41-43,46-50H,20-24,29-32H2,1-19H3,(H,60,72)(H,61,73)(H,62,74)/t36-,37+,38-,41+,42+,43-,46+,47+,48+,49+,50+/m1/s1. The van der Waals surface area contributed by atoms with E-state index in [0.29, 0.717) is 37.0 Å². The van der Waals surface area contributed by atoms with E-state index in [9.17, 15) is 43.2 Å². The molecule has 10 amide bonds. The number of likely N-dealkylation sites (N-methyl/N-ethyl adjacent to an activating group) is 5. The molecule has 460 valence electrons. The average Bonchev–Trinajstić information content (AvgIpc) is 3.43. The number of nitrogens with zero attached hydrogens (tertiary/aromatic N) is 7. The average molecular weight is 1150 g/mol. The van der Waals surface area contributed by atoms with Gasteiger partial charge in [0.05, 0.1) is 20.1 Å². The Morgan fingerprint density at radius 1 is 0.634 bits per heavy atom. The van der Waals surface area contributed by atoms with E-state index in [4.69, 9.17) is 9.47 Å². The highest BCUT2D eigenvalue weighted by molar-refractivity contribution is 5.99. The smallest absolute Gasteiger partial charge is 0.329 e. The van der Waals surface area contributed by atoms with Gasteiger partial charge in [-0.05, 0) is 73.5 Å². The van der Waals surface area contributed by atoms with Crippen LogP contribution in [-0.4, -0.2) is 223 Å². The van der Waals surface area contributed by atoms with Gasteiger partial charge in [0.15, 0.2) is 6.10 Å². The van der Waals surface area contributed by atoms with Gasteiger partial charge in [-0.2, -0.15) is 0 Å². The van der Waals surface area contributed by atoms with Gasteiger partial charge in [0.1, 0.15) is 54.1 Å². The maximum atomic E-state index is 15.1. The van der Waals surface area contributed by atoms with Crippen molar-refractivity contribution in [2.24, 2.45) is 29.6 Å². The number of hydrogen-bond donors (Lipinski definition) is 3. The second kappa shape index (κ2) is 31.0. The molecule has 0 saturated carbocycles. The topological polar surface area (TPSA) is 265 Å². The summed E-state index contributed by atoms with van der Waals surface area (Å²) in [7, 11) is 11.5. The zero-order chi connectivity index (χ0) is 62.4. The number of benzene rings is 1. The van der Waals surface area contributed by atoms with Crippen LogP contribution in [0.1, 0.15) is 120 Å². The van der Waals surface area contributed by atoms with E-state index in [2.05, 4.69) is 16.0 Å². The van der Waals surface area contributed by atoms with Gasteiger partial charge >= 0.3 is 5.97 Å². The summed E-state index contributed by atoms with van der Waals surface area (Å²) in [6, 6.07) is -3.33. The normalized spacial score (nSPS) is 26.3. The van der Waals surface area contributed by atoms with E-state index >= 15 is 9.59 Å². The van der Waals surface area contributed by atoms with E-state index in [0.717, 1.165) is 9.80 Å². The lowest BCUT2D eigenvalue weighted by molar-refractivity contribution is -0.165. The quantitative estimate of drug-likeness (QED) is 0.254. The number of hydrogen-bond acceptors (Lipinski definition) is 13. The van der Waals surface area contributed by atoms with E-state index < -0.39 is 162 Å². The van der Waals surface area contributed by atoms with Gasteiger partial charge in [0.25, 0.3) is 5.91 Å². The first-order valence-corrected chi connectivity index (χ1v) is 28.8. The van der Waals surface area contributed by atoms with Crippen molar-refractivity contribution < 1.29 is 62.2 Å². The molecule has 3 rings (SSSR count). The minimum absolute atomic E-state index is 0.108. The predicted molar refractivity (Wildman–Crippen MR) is 308 cm³/mol. The fourth-order valence-corrected chi connectivity index (χ4v) is 10.8. The number of amides is 10. The largest absolute Gasteiger partial charge is 0.497 e. The summed E-state index contributed by atoms with van der Waals surface area (Å²) in [4.78, 5) is 169. The lowest BCUT2D eigenvalue weighted by Crippen LogP contribution is -2.63. The molecule has 0 spiro atoms. The van der Waals surface area contributed by atoms with Crippen molar-refractivity contribution in [3.8, 4) is 5.75 Å². The number of esters is 1. The number of nitrogens with one attached hydrogen (secondary N) is 3. The van der Waals surface area contributed by atoms with Crippen LogP contribution in [0, 0.1) is 29.6 Å². The summed E-state index contributed by atoms with van der Waals surface area (Å²) in [6.45, 7) is 18.3. The third kappa shape index (κ3) is 17.1. The van der Waals surface area contributed by atoms with Crippen LogP contribution in [0.15, 0.2) is 24.3 Å². The van der Waals surface area contributed by atoms with Crippen molar-refractivity contribution in [1.82, 2.24) is 50.2 Å². The van der Waals surface area contributed by atoms with Crippen molar-refractivity contribution in [2.45, 2.75) is 176 Å². The molecule has 1 aromatic rings. The SMILES string of the molecule is CC[C@@H](C)[C@H]1C(=O)NCC(=O)N(C)[C@@H](C(C)C)C(=O)N[C@@H](Cc2ccc(OC)cc2)C(=O)O[C@H](C)C(=O)N2CCCC[C@H]2C(=O)N(C)[C@@H](C(C)C)C(=O)N[C@@H](C(C)C)C(=O)N(C)[C@H](CC(=O)N(C)C)C(=O)N(C)[C@@H]([C@@H](C)CC)C(=O)N1C. The summed E-state index contributed by atoms with van der Waals surface area (Å²) in [6.07, 6.45) is 0.0158. The predicted octanol–water partition coefficient (Wildman–Crippen LogP) is 2.32. The number of piperidine rings is 1. The van der Waals surface area contributed by atoms with Gasteiger partial charge in [-0.3, -0.25) is 47.9 Å². The Bertz CT molecular complexity index is 2430. The molecule has 23 heteroatoms. The fraction of sp³-hybridized carbons (Fsp3) is 0.712. The first-order valence-electron chi connectivity index (χ1n) is 28.8. The molecule has 2 fully saturated rings. The van der Waals surface area contributed by atoms with Crippen LogP contribution in [0.2, 0.25) is 0 Å². The Balaban J connectivity index is 2.30. The zero-order valence-electron chi connectivity index (χ0n) is 52.2. The Morgan fingerprint density at radius 3 is 1.68 bits per heavy atom. The molecule has 0 aromatic heterocycles. The number of rotatable bonds is 12. The molecule has 0 aliphatic carbocycles. The Labute approximate surface area is 486 Å². The number of cyclic esters (lactones) is 1. The van der Waals surface area contributed by atoms with Crippen LogP contribution < -0.4 is 20.7 Å². The van der Waals surface area contributed by atoms with E-state index in [-0.39, 0.29) is 19.4 Å². The molecule has 11 atom stereocenters. The minimum atomic E-state index is -1.50. The van der Waals surface area contributed by atoms with Crippen LogP contribution in [0.4, 0.5) is 0 Å². The molecule has 1 aromatic carbocycles. The number of ether oxygens (including phenoxy) is 2. The Morgan fingerprint density at radius 2 is 1.16 bits per heavy atom. The molecule has 3 N–H and O–H groups in total. The fourth-order valence-electron chi connectivity index (χ4n) is 10.8. The van der Waals surface area contributed by atoms with Crippen molar-refractivity contribution in [3.63, 3.8) is 0 Å². The molecule has 0 bridgehead atoms.